The monoisotopic (exact) mass is 397 g/mol. The van der Waals surface area contributed by atoms with Crippen LogP contribution in [-0.2, 0) is 34.8 Å². The maximum atomic E-state index is 12.6. The lowest BCUT2D eigenvalue weighted by atomic mass is 10.0. The van der Waals surface area contributed by atoms with E-state index in [1.165, 1.54) is 7.11 Å². The van der Waals surface area contributed by atoms with Gasteiger partial charge in [0.1, 0.15) is 23.2 Å². The second-order valence-corrected chi connectivity index (χ2v) is 8.01. The van der Waals surface area contributed by atoms with Gasteiger partial charge in [-0.05, 0) is 32.4 Å². The molecule has 1 aliphatic rings. The molecular weight excluding hydrogens is 370 g/mol. The van der Waals surface area contributed by atoms with E-state index in [0.29, 0.717) is 31.0 Å². The van der Waals surface area contributed by atoms with Crippen molar-refractivity contribution in [2.24, 2.45) is 0 Å². The van der Waals surface area contributed by atoms with Crippen LogP contribution in [0.4, 0.5) is 0 Å². The highest BCUT2D eigenvalue weighted by Crippen LogP contribution is 2.25. The SMILES string of the molecule is COC(=O)CC(=O)C[C@H](CCC1(C)OCCO1)NS(=O)c1ccc(C)cc1. The van der Waals surface area contributed by atoms with Gasteiger partial charge < -0.3 is 14.2 Å². The van der Waals surface area contributed by atoms with Crippen LogP contribution < -0.4 is 4.72 Å². The minimum absolute atomic E-state index is 0.0722. The van der Waals surface area contributed by atoms with Crippen molar-refractivity contribution in [2.75, 3.05) is 20.3 Å². The minimum Gasteiger partial charge on any atom is -0.469 e. The predicted molar refractivity (Wildman–Crippen MR) is 100 cm³/mol. The van der Waals surface area contributed by atoms with Crippen LogP contribution in [-0.4, -0.2) is 48.1 Å². The van der Waals surface area contributed by atoms with Gasteiger partial charge in [0.2, 0.25) is 0 Å². The van der Waals surface area contributed by atoms with Gasteiger partial charge in [0.05, 0.1) is 25.2 Å². The maximum Gasteiger partial charge on any atom is 0.313 e. The van der Waals surface area contributed by atoms with Gasteiger partial charge in [-0.25, -0.2) is 8.93 Å². The number of rotatable bonds is 10. The Morgan fingerprint density at radius 2 is 1.89 bits per heavy atom. The van der Waals surface area contributed by atoms with Gasteiger partial charge in [0.25, 0.3) is 0 Å². The fourth-order valence-corrected chi connectivity index (χ4v) is 3.82. The third kappa shape index (κ3) is 7.14. The molecule has 1 aromatic carbocycles. The number of hydrogen-bond donors (Lipinski definition) is 1. The number of ketones is 1. The molecule has 1 fully saturated rings. The Balaban J connectivity index is 2.00. The van der Waals surface area contributed by atoms with Crippen molar-refractivity contribution in [2.45, 2.75) is 56.3 Å². The van der Waals surface area contributed by atoms with E-state index in [-0.39, 0.29) is 24.7 Å². The molecular formula is C19H27NO6S. The third-order valence-electron chi connectivity index (χ3n) is 4.40. The van der Waals surface area contributed by atoms with Crippen LogP contribution in [0, 0.1) is 6.92 Å². The van der Waals surface area contributed by atoms with Crippen LogP contribution in [0.5, 0.6) is 0 Å². The molecule has 1 unspecified atom stereocenters. The van der Waals surface area contributed by atoms with Crippen molar-refractivity contribution in [3.8, 4) is 0 Å². The number of carbonyl (C=O) groups excluding carboxylic acids is 2. The fourth-order valence-electron chi connectivity index (χ4n) is 2.80. The van der Waals surface area contributed by atoms with E-state index in [9.17, 15) is 13.8 Å². The van der Waals surface area contributed by atoms with Gasteiger partial charge in [0, 0.05) is 18.9 Å². The lowest BCUT2D eigenvalue weighted by Gasteiger charge is -2.25. The summed E-state index contributed by atoms with van der Waals surface area (Å²) in [4.78, 5) is 24.1. The molecule has 2 rings (SSSR count). The van der Waals surface area contributed by atoms with Crippen LogP contribution in [0.2, 0.25) is 0 Å². The summed E-state index contributed by atoms with van der Waals surface area (Å²) in [6, 6.07) is 6.96. The van der Waals surface area contributed by atoms with Crippen LogP contribution in [0.1, 0.15) is 38.2 Å². The second-order valence-electron chi connectivity index (χ2n) is 6.76. The summed E-state index contributed by atoms with van der Waals surface area (Å²) in [6.07, 6.45) is 0.835. The van der Waals surface area contributed by atoms with Gasteiger partial charge in [-0.1, -0.05) is 17.7 Å². The molecule has 0 bridgehead atoms. The average molecular weight is 397 g/mol. The second kappa shape index (κ2) is 10.1. The van der Waals surface area contributed by atoms with E-state index in [4.69, 9.17) is 9.47 Å². The summed E-state index contributed by atoms with van der Waals surface area (Å²) < 4.78 is 31.4. The van der Waals surface area contributed by atoms with Crippen molar-refractivity contribution < 1.29 is 28.0 Å². The first-order valence-electron chi connectivity index (χ1n) is 8.92. The zero-order chi connectivity index (χ0) is 19.9. The molecule has 0 radical (unpaired) electrons. The molecule has 2 atom stereocenters. The highest BCUT2D eigenvalue weighted by atomic mass is 32.2. The number of hydrogen-bond acceptors (Lipinski definition) is 6. The predicted octanol–water partition coefficient (Wildman–Crippen LogP) is 2.04. The largest absolute Gasteiger partial charge is 0.469 e. The lowest BCUT2D eigenvalue weighted by molar-refractivity contribution is -0.149. The Hall–Kier alpha value is -1.61. The van der Waals surface area contributed by atoms with Gasteiger partial charge >= 0.3 is 5.97 Å². The smallest absolute Gasteiger partial charge is 0.313 e. The molecule has 0 spiro atoms. The average Bonchev–Trinajstić information content (AvgIpc) is 3.07. The molecule has 27 heavy (non-hydrogen) atoms. The number of benzene rings is 1. The van der Waals surface area contributed by atoms with Crippen molar-refractivity contribution in [1.29, 1.82) is 0 Å². The Labute approximate surface area is 162 Å². The summed E-state index contributed by atoms with van der Waals surface area (Å²) >= 11 is 0. The number of carbonyl (C=O) groups is 2. The molecule has 7 nitrogen and oxygen atoms in total. The summed E-state index contributed by atoms with van der Waals surface area (Å²) in [6.45, 7) is 4.87. The van der Waals surface area contributed by atoms with Crippen LogP contribution in [0.3, 0.4) is 0 Å². The normalized spacial score (nSPS) is 18.0. The molecule has 150 valence electrons. The van der Waals surface area contributed by atoms with Gasteiger partial charge in [-0.2, -0.15) is 0 Å². The number of esters is 1. The molecule has 0 saturated carbocycles. The van der Waals surface area contributed by atoms with E-state index < -0.39 is 22.7 Å². The Morgan fingerprint density at radius 1 is 1.26 bits per heavy atom. The van der Waals surface area contributed by atoms with E-state index in [1.807, 2.05) is 26.0 Å². The summed E-state index contributed by atoms with van der Waals surface area (Å²) in [5.41, 5.74) is 1.07. The van der Waals surface area contributed by atoms with E-state index in [2.05, 4.69) is 9.46 Å². The van der Waals surface area contributed by atoms with Gasteiger partial charge in [-0.15, -0.1) is 0 Å². The number of aryl methyl sites for hydroxylation is 1. The molecule has 1 N–H and O–H groups in total. The molecule has 1 saturated heterocycles. The number of methoxy groups -OCH3 is 1. The maximum absolute atomic E-state index is 12.6. The molecule has 1 aromatic rings. The van der Waals surface area contributed by atoms with Gasteiger partial charge in [-0.3, -0.25) is 9.59 Å². The molecule has 1 aliphatic heterocycles. The van der Waals surface area contributed by atoms with Gasteiger partial charge in [0.15, 0.2) is 5.79 Å². The summed E-state index contributed by atoms with van der Waals surface area (Å²) in [7, 11) is -0.226. The standard InChI is InChI=1S/C19H27NO6S/c1-14-4-6-17(7-5-14)27(23)20-15(12-16(21)13-18(22)24-3)8-9-19(2)25-10-11-26-19/h4-7,15,20H,8-13H2,1-3H3/t15-,27?/m0/s1. The quantitative estimate of drug-likeness (QED) is 0.480. The number of ether oxygens (including phenoxy) is 3. The van der Waals surface area contributed by atoms with Crippen LogP contribution >= 0.6 is 0 Å². The minimum atomic E-state index is -1.47. The molecule has 1 heterocycles. The highest BCUT2D eigenvalue weighted by molar-refractivity contribution is 7.83. The fraction of sp³-hybridized carbons (Fsp3) is 0.579. The van der Waals surface area contributed by atoms with E-state index >= 15 is 0 Å². The van der Waals surface area contributed by atoms with Crippen LogP contribution in [0.15, 0.2) is 29.2 Å². The number of nitrogens with one attached hydrogen (secondary N) is 1. The van der Waals surface area contributed by atoms with Crippen molar-refractivity contribution >= 4 is 22.7 Å². The first kappa shape index (κ1) is 21.7. The summed E-state index contributed by atoms with van der Waals surface area (Å²) in [5, 5.41) is 0. The van der Waals surface area contributed by atoms with Crippen LogP contribution in [0.25, 0.3) is 0 Å². The first-order chi connectivity index (χ1) is 12.8. The first-order valence-corrected chi connectivity index (χ1v) is 10.1. The molecule has 8 heteroatoms. The number of Topliss-reactive ketones (excluding diaryl/α,β-unsaturated/α-hetero) is 1. The van der Waals surface area contributed by atoms with Crippen molar-refractivity contribution in [1.82, 2.24) is 4.72 Å². The van der Waals surface area contributed by atoms with Crippen molar-refractivity contribution in [3.63, 3.8) is 0 Å². The summed E-state index contributed by atoms with van der Waals surface area (Å²) in [5.74, 6) is -1.54. The Bertz CT molecular complexity index is 669. The Kier molecular flexibility index (Phi) is 8.09. The molecule has 0 aliphatic carbocycles. The van der Waals surface area contributed by atoms with E-state index in [1.54, 1.807) is 12.1 Å². The zero-order valence-corrected chi connectivity index (χ0v) is 16.8. The highest BCUT2D eigenvalue weighted by Gasteiger charge is 2.32. The van der Waals surface area contributed by atoms with Crippen molar-refractivity contribution in [3.05, 3.63) is 29.8 Å². The zero-order valence-electron chi connectivity index (χ0n) is 16.0. The van der Waals surface area contributed by atoms with E-state index in [0.717, 1.165) is 5.56 Å². The molecule has 0 amide bonds. The molecule has 0 aromatic heterocycles. The topological polar surface area (TPSA) is 90.9 Å². The Morgan fingerprint density at radius 3 is 2.48 bits per heavy atom. The lowest BCUT2D eigenvalue weighted by Crippen LogP contribution is -2.36. The third-order valence-corrected chi connectivity index (χ3v) is 5.64.